The summed E-state index contributed by atoms with van der Waals surface area (Å²) in [4.78, 5) is 16.7. The average molecular weight is 347 g/mol. The van der Waals surface area contributed by atoms with Crippen molar-refractivity contribution >= 4 is 50.6 Å². The monoisotopic (exact) mass is 345 g/mol. The van der Waals surface area contributed by atoms with E-state index in [0.717, 1.165) is 9.35 Å². The van der Waals surface area contributed by atoms with E-state index in [9.17, 15) is 4.79 Å². The molecule has 0 aliphatic rings. The van der Waals surface area contributed by atoms with Gasteiger partial charge in [0, 0.05) is 14.9 Å². The molecule has 0 atom stereocenters. The minimum absolute atomic E-state index is 0.206. The van der Waals surface area contributed by atoms with Crippen molar-refractivity contribution in [2.24, 2.45) is 0 Å². The first-order valence-corrected chi connectivity index (χ1v) is 7.04. The summed E-state index contributed by atoms with van der Waals surface area (Å²) < 4.78 is 0.986. The molecule has 2 heterocycles. The molecule has 0 unspecified atom stereocenters. The number of aromatic nitrogens is 1. The number of carbonyl (C=O) groups excluding carboxylic acids is 1. The molecule has 18 heavy (non-hydrogen) atoms. The lowest BCUT2D eigenvalue weighted by Gasteiger charge is -2.05. The molecule has 0 radical (unpaired) electrons. The van der Waals surface area contributed by atoms with E-state index < -0.39 is 0 Å². The van der Waals surface area contributed by atoms with Crippen molar-refractivity contribution in [3.05, 3.63) is 43.6 Å². The highest BCUT2D eigenvalue weighted by Gasteiger charge is 2.09. The number of halogens is 2. The second-order valence-corrected chi connectivity index (χ2v) is 5.72. The molecular formula is C11H9BrClN3OS. The Kier molecular flexibility index (Phi) is 4.21. The van der Waals surface area contributed by atoms with Crippen LogP contribution in [0.25, 0.3) is 0 Å². The van der Waals surface area contributed by atoms with Crippen LogP contribution in [0, 0.1) is 0 Å². The number of carbonyl (C=O) groups is 1. The van der Waals surface area contributed by atoms with Gasteiger partial charge in [-0.15, -0.1) is 11.3 Å². The van der Waals surface area contributed by atoms with Crippen molar-refractivity contribution in [1.82, 2.24) is 10.3 Å². The number of nitrogens with two attached hydrogens (primary N) is 1. The van der Waals surface area contributed by atoms with E-state index in [-0.39, 0.29) is 16.9 Å². The zero-order chi connectivity index (χ0) is 13.1. The van der Waals surface area contributed by atoms with Gasteiger partial charge in [-0.1, -0.05) is 11.6 Å². The van der Waals surface area contributed by atoms with Gasteiger partial charge in [0.05, 0.1) is 6.54 Å². The van der Waals surface area contributed by atoms with Crippen LogP contribution in [0.4, 0.5) is 5.82 Å². The highest BCUT2D eigenvalue weighted by molar-refractivity contribution is 9.10. The maximum atomic E-state index is 11.9. The second-order valence-electron chi connectivity index (χ2n) is 3.48. The summed E-state index contributed by atoms with van der Waals surface area (Å²) in [6.45, 7) is 0.455. The van der Waals surface area contributed by atoms with Crippen molar-refractivity contribution in [3.8, 4) is 0 Å². The number of pyridine rings is 1. The first-order chi connectivity index (χ1) is 8.56. The van der Waals surface area contributed by atoms with E-state index in [1.807, 2.05) is 11.4 Å². The van der Waals surface area contributed by atoms with Crippen LogP contribution in [0.15, 0.2) is 28.1 Å². The van der Waals surface area contributed by atoms with Gasteiger partial charge >= 0.3 is 0 Å². The molecule has 0 aliphatic carbocycles. The Morgan fingerprint density at radius 2 is 2.33 bits per heavy atom. The van der Waals surface area contributed by atoms with Crippen LogP contribution in [0.3, 0.4) is 0 Å². The predicted molar refractivity (Wildman–Crippen MR) is 76.8 cm³/mol. The molecule has 2 aromatic rings. The van der Waals surface area contributed by atoms with E-state index in [2.05, 4.69) is 26.2 Å². The molecule has 4 nitrogen and oxygen atoms in total. The first kappa shape index (κ1) is 13.3. The maximum Gasteiger partial charge on any atom is 0.251 e. The fraction of sp³-hybridized carbons (Fsp3) is 0.0909. The van der Waals surface area contributed by atoms with Crippen LogP contribution in [0.1, 0.15) is 15.2 Å². The highest BCUT2D eigenvalue weighted by atomic mass is 79.9. The average Bonchev–Trinajstić information content (AvgIpc) is 2.70. The molecule has 0 fully saturated rings. The summed E-state index contributed by atoms with van der Waals surface area (Å²) in [5, 5.41) is 4.95. The van der Waals surface area contributed by atoms with Gasteiger partial charge in [-0.25, -0.2) is 4.98 Å². The summed E-state index contributed by atoms with van der Waals surface area (Å²) in [7, 11) is 0. The molecule has 7 heteroatoms. The number of hydrogen-bond acceptors (Lipinski definition) is 4. The Morgan fingerprint density at radius 3 is 2.94 bits per heavy atom. The van der Waals surface area contributed by atoms with Gasteiger partial charge in [0.15, 0.2) is 0 Å². The van der Waals surface area contributed by atoms with Crippen LogP contribution in [0.5, 0.6) is 0 Å². The van der Waals surface area contributed by atoms with Gasteiger partial charge in [-0.05, 0) is 39.5 Å². The van der Waals surface area contributed by atoms with Crippen LogP contribution < -0.4 is 11.1 Å². The summed E-state index contributed by atoms with van der Waals surface area (Å²) in [6, 6.07) is 4.91. The molecule has 2 rings (SSSR count). The normalized spacial score (nSPS) is 10.3. The van der Waals surface area contributed by atoms with Crippen molar-refractivity contribution in [2.75, 3.05) is 5.73 Å². The maximum absolute atomic E-state index is 11.9. The topological polar surface area (TPSA) is 68.0 Å². The largest absolute Gasteiger partial charge is 0.384 e. The number of amides is 1. The smallest absolute Gasteiger partial charge is 0.251 e. The van der Waals surface area contributed by atoms with E-state index in [0.29, 0.717) is 12.1 Å². The summed E-state index contributed by atoms with van der Waals surface area (Å²) in [6.07, 6.45) is 0. The van der Waals surface area contributed by atoms with Gasteiger partial charge in [-0.3, -0.25) is 4.79 Å². The predicted octanol–water partition coefficient (Wildman–Crippen LogP) is 3.07. The molecule has 0 aliphatic heterocycles. The van der Waals surface area contributed by atoms with Gasteiger partial charge in [0.1, 0.15) is 11.0 Å². The lowest BCUT2D eigenvalue weighted by atomic mass is 10.2. The molecule has 94 valence electrons. The van der Waals surface area contributed by atoms with Crippen molar-refractivity contribution < 1.29 is 4.79 Å². The lowest BCUT2D eigenvalue weighted by molar-refractivity contribution is 0.0951. The molecule has 0 spiro atoms. The van der Waals surface area contributed by atoms with Crippen LogP contribution in [-0.2, 0) is 6.54 Å². The zero-order valence-corrected chi connectivity index (χ0v) is 12.3. The van der Waals surface area contributed by atoms with Crippen LogP contribution in [0.2, 0.25) is 5.15 Å². The Hall–Kier alpha value is -1.11. The number of thiophene rings is 1. The van der Waals surface area contributed by atoms with Gasteiger partial charge < -0.3 is 11.1 Å². The lowest BCUT2D eigenvalue weighted by Crippen LogP contribution is -2.22. The number of rotatable bonds is 3. The van der Waals surface area contributed by atoms with Crippen LogP contribution >= 0.6 is 38.9 Å². The third kappa shape index (κ3) is 3.22. The summed E-state index contributed by atoms with van der Waals surface area (Å²) >= 11 is 10.7. The fourth-order valence-electron chi connectivity index (χ4n) is 1.36. The Morgan fingerprint density at radius 1 is 1.56 bits per heavy atom. The standard InChI is InChI=1S/C11H9BrClN3OS/c12-7-1-2-18-8(7)5-15-11(17)6-3-9(13)16-10(14)4-6/h1-4H,5H2,(H2,14,16)(H,15,17). The molecular weight excluding hydrogens is 338 g/mol. The molecule has 0 saturated heterocycles. The minimum atomic E-state index is -0.230. The van der Waals surface area contributed by atoms with Crippen molar-refractivity contribution in [3.63, 3.8) is 0 Å². The Bertz CT molecular complexity index is 567. The van der Waals surface area contributed by atoms with Crippen molar-refractivity contribution in [1.29, 1.82) is 0 Å². The Balaban J connectivity index is 2.06. The number of nitrogens with zero attached hydrogens (tertiary/aromatic N) is 1. The third-order valence-electron chi connectivity index (χ3n) is 2.18. The molecule has 2 aromatic heterocycles. The van der Waals surface area contributed by atoms with Gasteiger partial charge in [0.25, 0.3) is 5.91 Å². The third-order valence-corrected chi connectivity index (χ3v) is 4.30. The number of anilines is 1. The van der Waals surface area contributed by atoms with Gasteiger partial charge in [0.2, 0.25) is 0 Å². The van der Waals surface area contributed by atoms with E-state index in [4.69, 9.17) is 17.3 Å². The second kappa shape index (κ2) is 5.69. The van der Waals surface area contributed by atoms with E-state index in [1.165, 1.54) is 12.1 Å². The molecule has 0 saturated carbocycles. The van der Waals surface area contributed by atoms with Gasteiger partial charge in [-0.2, -0.15) is 0 Å². The van der Waals surface area contributed by atoms with Crippen LogP contribution in [-0.4, -0.2) is 10.9 Å². The zero-order valence-electron chi connectivity index (χ0n) is 9.11. The molecule has 0 aromatic carbocycles. The Labute approximate surface area is 121 Å². The molecule has 1 amide bonds. The highest BCUT2D eigenvalue weighted by Crippen LogP contribution is 2.22. The molecule has 0 bridgehead atoms. The molecule has 3 N–H and O–H groups in total. The fourth-order valence-corrected chi connectivity index (χ4v) is 3.01. The first-order valence-electron chi connectivity index (χ1n) is 4.99. The number of hydrogen-bond donors (Lipinski definition) is 2. The van der Waals surface area contributed by atoms with Crippen molar-refractivity contribution in [2.45, 2.75) is 6.54 Å². The number of nitrogen functional groups attached to an aromatic ring is 1. The summed E-state index contributed by atoms with van der Waals surface area (Å²) in [5.41, 5.74) is 5.93. The summed E-state index contributed by atoms with van der Waals surface area (Å²) in [5.74, 6) is -0.00347. The SMILES string of the molecule is Nc1cc(C(=O)NCc2sccc2Br)cc(Cl)n1. The number of nitrogens with one attached hydrogen (secondary N) is 1. The van der Waals surface area contributed by atoms with E-state index >= 15 is 0 Å². The quantitative estimate of drug-likeness (QED) is 0.839. The van der Waals surface area contributed by atoms with E-state index in [1.54, 1.807) is 11.3 Å². The minimum Gasteiger partial charge on any atom is -0.384 e.